The molecule has 3 nitrogen and oxygen atoms in total. The van der Waals surface area contributed by atoms with E-state index < -0.39 is 17.2 Å². The summed E-state index contributed by atoms with van der Waals surface area (Å²) in [4.78, 5) is 12.2. The van der Waals surface area contributed by atoms with Crippen LogP contribution in [0.5, 0.6) is 0 Å². The molecule has 2 N–H and O–H groups in total. The average Bonchev–Trinajstić information content (AvgIpc) is 2.76. The maximum absolute atomic E-state index is 12.9. The van der Waals surface area contributed by atoms with Crippen LogP contribution in [0.25, 0.3) is 0 Å². The highest BCUT2D eigenvalue weighted by Crippen LogP contribution is 2.45. The highest BCUT2D eigenvalue weighted by atomic mass is 35.5. The molecule has 22 heavy (non-hydrogen) atoms. The van der Waals surface area contributed by atoms with Gasteiger partial charge in [-0.25, -0.2) is 0 Å². The van der Waals surface area contributed by atoms with Crippen LogP contribution in [0.15, 0.2) is 24.3 Å². The molecule has 1 aromatic carbocycles. The van der Waals surface area contributed by atoms with Crippen molar-refractivity contribution in [2.45, 2.75) is 24.9 Å². The number of rotatable bonds is 1. The first-order valence-electron chi connectivity index (χ1n) is 7.10. The van der Waals surface area contributed by atoms with E-state index in [0.29, 0.717) is 25.1 Å². The van der Waals surface area contributed by atoms with Crippen LogP contribution in [0, 0.1) is 5.41 Å². The summed E-state index contributed by atoms with van der Waals surface area (Å²) in [5, 5.41) is 6.04. The second kappa shape index (κ2) is 6.08. The third kappa shape index (κ3) is 2.82. The minimum absolute atomic E-state index is 0. The number of hydrogen-bond donors (Lipinski definition) is 2. The van der Waals surface area contributed by atoms with Crippen LogP contribution in [0.4, 0.5) is 13.2 Å². The molecule has 3 rings (SSSR count). The van der Waals surface area contributed by atoms with E-state index in [1.54, 1.807) is 6.07 Å². The molecule has 0 bridgehead atoms. The van der Waals surface area contributed by atoms with Gasteiger partial charge in [0.2, 0.25) is 5.91 Å². The summed E-state index contributed by atoms with van der Waals surface area (Å²) in [6.45, 7) is 1.78. The quantitative estimate of drug-likeness (QED) is 0.829. The molecule has 0 saturated carbocycles. The predicted molar refractivity (Wildman–Crippen MR) is 79.0 cm³/mol. The lowest BCUT2D eigenvalue weighted by atomic mass is 9.69. The number of nitrogens with one attached hydrogen (secondary N) is 2. The third-order valence-corrected chi connectivity index (χ3v) is 4.62. The lowest BCUT2D eigenvalue weighted by molar-refractivity contribution is -0.137. The molecule has 2 heterocycles. The summed E-state index contributed by atoms with van der Waals surface area (Å²) < 4.78 is 38.6. The summed E-state index contributed by atoms with van der Waals surface area (Å²) in [6, 6.07) is 5.36. The molecule has 0 radical (unpaired) electrons. The van der Waals surface area contributed by atoms with Crippen LogP contribution < -0.4 is 10.6 Å². The summed E-state index contributed by atoms with van der Waals surface area (Å²) in [6.07, 6.45) is -2.78. The van der Waals surface area contributed by atoms with Crippen molar-refractivity contribution in [3.8, 4) is 0 Å². The Morgan fingerprint density at radius 2 is 2.05 bits per heavy atom. The van der Waals surface area contributed by atoms with Gasteiger partial charge in [-0.2, -0.15) is 13.2 Å². The largest absolute Gasteiger partial charge is 0.416 e. The normalized spacial score (nSPS) is 28.3. The zero-order valence-electron chi connectivity index (χ0n) is 11.9. The molecule has 2 fully saturated rings. The summed E-state index contributed by atoms with van der Waals surface area (Å²) in [7, 11) is 0. The Hall–Kier alpha value is -1.27. The first kappa shape index (κ1) is 17.1. The monoisotopic (exact) mass is 334 g/mol. The van der Waals surface area contributed by atoms with Crippen LogP contribution in [0.3, 0.4) is 0 Å². The topological polar surface area (TPSA) is 41.1 Å². The molecule has 1 spiro atoms. The molecule has 2 aliphatic heterocycles. The predicted octanol–water partition coefficient (Wildman–Crippen LogP) is 2.71. The number of benzene rings is 1. The average molecular weight is 335 g/mol. The van der Waals surface area contributed by atoms with Crippen molar-refractivity contribution in [1.82, 2.24) is 10.6 Å². The number of piperidine rings is 1. The van der Waals surface area contributed by atoms with E-state index in [2.05, 4.69) is 10.6 Å². The van der Waals surface area contributed by atoms with E-state index in [-0.39, 0.29) is 24.2 Å². The molecule has 122 valence electrons. The van der Waals surface area contributed by atoms with Crippen molar-refractivity contribution >= 4 is 18.3 Å². The molecular formula is C15H18ClF3N2O. The smallest absolute Gasteiger partial charge is 0.355 e. The van der Waals surface area contributed by atoms with Crippen molar-refractivity contribution in [2.24, 2.45) is 5.41 Å². The van der Waals surface area contributed by atoms with Crippen molar-refractivity contribution < 1.29 is 18.0 Å². The highest BCUT2D eigenvalue weighted by Gasteiger charge is 2.51. The molecule has 1 aromatic rings. The maximum atomic E-state index is 12.9. The van der Waals surface area contributed by atoms with Gasteiger partial charge in [0.05, 0.1) is 11.0 Å². The van der Waals surface area contributed by atoms with Gasteiger partial charge in [-0.05, 0) is 31.0 Å². The van der Waals surface area contributed by atoms with Crippen LogP contribution in [0.2, 0.25) is 0 Å². The highest BCUT2D eigenvalue weighted by molar-refractivity contribution is 5.87. The van der Waals surface area contributed by atoms with E-state index in [1.807, 2.05) is 0 Å². The van der Waals surface area contributed by atoms with Gasteiger partial charge < -0.3 is 10.6 Å². The van der Waals surface area contributed by atoms with Crippen molar-refractivity contribution in [3.05, 3.63) is 35.4 Å². The zero-order chi connectivity index (χ0) is 15.1. The zero-order valence-corrected chi connectivity index (χ0v) is 12.7. The van der Waals surface area contributed by atoms with Crippen LogP contribution in [-0.4, -0.2) is 25.5 Å². The minimum Gasteiger partial charge on any atom is -0.355 e. The Morgan fingerprint density at radius 3 is 2.68 bits per heavy atom. The second-order valence-corrected chi connectivity index (χ2v) is 5.82. The van der Waals surface area contributed by atoms with Gasteiger partial charge in [-0.1, -0.05) is 18.2 Å². The summed E-state index contributed by atoms with van der Waals surface area (Å²) in [5.41, 5.74) is -0.673. The van der Waals surface area contributed by atoms with Gasteiger partial charge in [0.15, 0.2) is 0 Å². The van der Waals surface area contributed by atoms with Crippen molar-refractivity contribution in [3.63, 3.8) is 0 Å². The molecule has 1 amide bonds. The minimum atomic E-state index is -4.36. The molecule has 0 aromatic heterocycles. The molecule has 2 saturated heterocycles. The van der Waals surface area contributed by atoms with Crippen LogP contribution >= 0.6 is 12.4 Å². The molecule has 2 aliphatic rings. The van der Waals surface area contributed by atoms with Crippen LogP contribution in [-0.2, 0) is 11.0 Å². The van der Waals surface area contributed by atoms with E-state index >= 15 is 0 Å². The number of hydrogen-bond acceptors (Lipinski definition) is 2. The van der Waals surface area contributed by atoms with Gasteiger partial charge in [0, 0.05) is 19.0 Å². The van der Waals surface area contributed by atoms with Gasteiger partial charge in [0.25, 0.3) is 0 Å². The van der Waals surface area contributed by atoms with Gasteiger partial charge >= 0.3 is 6.18 Å². The fraction of sp³-hybridized carbons (Fsp3) is 0.533. The Morgan fingerprint density at radius 1 is 1.27 bits per heavy atom. The van der Waals surface area contributed by atoms with E-state index in [1.165, 1.54) is 12.1 Å². The standard InChI is InChI=1S/C15H17F3N2O.ClH/c16-15(17,18)11-4-1-3-10(7-11)12-8-20-13(21)14(12)5-2-6-19-9-14;/h1,3-4,7,12,19H,2,5-6,8-9H2,(H,20,21);1H. The Labute approximate surface area is 133 Å². The van der Waals surface area contributed by atoms with Crippen LogP contribution in [0.1, 0.15) is 29.9 Å². The lowest BCUT2D eigenvalue weighted by Gasteiger charge is -2.36. The first-order chi connectivity index (χ1) is 9.93. The Balaban J connectivity index is 0.00000176. The third-order valence-electron chi connectivity index (χ3n) is 4.62. The summed E-state index contributed by atoms with van der Waals surface area (Å²) >= 11 is 0. The van der Waals surface area contributed by atoms with Crippen molar-refractivity contribution in [1.29, 1.82) is 0 Å². The number of alkyl halides is 3. The molecule has 2 atom stereocenters. The molecule has 7 heteroatoms. The molecule has 2 unspecified atom stereocenters. The number of carbonyl (C=O) groups is 1. The number of amides is 1. The van der Waals surface area contributed by atoms with Gasteiger partial charge in [0.1, 0.15) is 0 Å². The van der Waals surface area contributed by atoms with Gasteiger partial charge in [-0.15, -0.1) is 12.4 Å². The SMILES string of the molecule is Cl.O=C1NCC(c2cccc(C(F)(F)F)c2)C12CCCNC2. The van der Waals surface area contributed by atoms with E-state index in [0.717, 1.165) is 19.0 Å². The fourth-order valence-electron chi connectivity index (χ4n) is 3.51. The maximum Gasteiger partial charge on any atom is 0.416 e. The van der Waals surface area contributed by atoms with Crippen molar-refractivity contribution in [2.75, 3.05) is 19.6 Å². The number of carbonyl (C=O) groups excluding carboxylic acids is 1. The number of halogens is 4. The first-order valence-corrected chi connectivity index (χ1v) is 7.10. The van der Waals surface area contributed by atoms with Gasteiger partial charge in [-0.3, -0.25) is 4.79 Å². The Bertz CT molecular complexity index is 556. The van der Waals surface area contributed by atoms with E-state index in [9.17, 15) is 18.0 Å². The molecular weight excluding hydrogens is 317 g/mol. The lowest BCUT2D eigenvalue weighted by Crippen LogP contribution is -2.47. The summed E-state index contributed by atoms with van der Waals surface area (Å²) in [5.74, 6) is -0.253. The Kier molecular flexibility index (Phi) is 4.73. The van der Waals surface area contributed by atoms with E-state index in [4.69, 9.17) is 0 Å². The fourth-order valence-corrected chi connectivity index (χ4v) is 3.51. The second-order valence-electron chi connectivity index (χ2n) is 5.82. The molecule has 0 aliphatic carbocycles.